The van der Waals surface area contributed by atoms with Crippen LogP contribution >= 0.6 is 0 Å². The molecule has 0 heterocycles. The fraction of sp³-hybridized carbons (Fsp3) is 0.0328. The second-order valence-corrected chi connectivity index (χ2v) is 16.4. The first-order valence-electron chi connectivity index (χ1n) is 21.7. The van der Waals surface area contributed by atoms with Gasteiger partial charge in [0.1, 0.15) is 5.84 Å². The maximum absolute atomic E-state index is 6.83. The number of rotatable bonds is 9. The number of benzene rings is 10. The van der Waals surface area contributed by atoms with Crippen LogP contribution in [0.15, 0.2) is 248 Å². The Bertz CT molecular complexity index is 3320. The maximum Gasteiger partial charge on any atom is 0.131 e. The van der Waals surface area contributed by atoms with Crippen molar-refractivity contribution in [3.05, 3.63) is 282 Å². The molecule has 0 saturated heterocycles. The zero-order chi connectivity index (χ0) is 42.2. The van der Waals surface area contributed by atoms with Crippen molar-refractivity contribution >= 4 is 33.1 Å². The summed E-state index contributed by atoms with van der Waals surface area (Å²) in [6.07, 6.45) is 2.92. The normalized spacial score (nSPS) is 13.2. The van der Waals surface area contributed by atoms with Crippen LogP contribution in [-0.2, 0) is 11.8 Å². The molecule has 1 aliphatic carbocycles. The third-order valence-corrected chi connectivity index (χ3v) is 12.8. The molecule has 298 valence electrons. The van der Waals surface area contributed by atoms with E-state index in [-0.39, 0.29) is 0 Å². The Hall–Kier alpha value is -8.07. The number of hydrogen-bond acceptors (Lipinski definition) is 1. The lowest BCUT2D eigenvalue weighted by atomic mass is 9.67. The fourth-order valence-corrected chi connectivity index (χ4v) is 9.97. The number of fused-ring (bicyclic) bond motifs is 5. The Labute approximate surface area is 369 Å². The number of allylic oxidation sites excluding steroid dienone is 1. The van der Waals surface area contributed by atoms with Crippen molar-refractivity contribution in [2.45, 2.75) is 11.8 Å². The van der Waals surface area contributed by atoms with Gasteiger partial charge in [0.05, 0.1) is 11.1 Å². The first-order chi connectivity index (χ1) is 31.2. The molecule has 0 spiro atoms. The molecule has 0 radical (unpaired) electrons. The molecule has 0 fully saturated rings. The van der Waals surface area contributed by atoms with Crippen molar-refractivity contribution in [3.63, 3.8) is 0 Å². The minimum atomic E-state index is -0.441. The molecule has 1 aliphatic rings. The van der Waals surface area contributed by atoms with E-state index in [0.29, 0.717) is 12.3 Å². The van der Waals surface area contributed by atoms with Crippen LogP contribution < -0.4 is 5.73 Å². The van der Waals surface area contributed by atoms with Gasteiger partial charge in [0.15, 0.2) is 0 Å². The van der Waals surface area contributed by atoms with Crippen LogP contribution in [0.3, 0.4) is 0 Å². The van der Waals surface area contributed by atoms with Crippen LogP contribution in [0.4, 0.5) is 0 Å². The summed E-state index contributed by atoms with van der Waals surface area (Å²) in [5.74, 6) is 0.483. The van der Waals surface area contributed by atoms with Gasteiger partial charge in [-0.1, -0.05) is 237 Å². The molecular formula is C61H44N2. The zero-order valence-corrected chi connectivity index (χ0v) is 34.8. The van der Waals surface area contributed by atoms with E-state index in [4.69, 9.17) is 10.7 Å². The maximum atomic E-state index is 6.83. The molecule has 10 aromatic rings. The van der Waals surface area contributed by atoms with E-state index in [1.807, 2.05) is 30.3 Å². The lowest BCUT2D eigenvalue weighted by Gasteiger charge is -2.33. The first kappa shape index (κ1) is 37.9. The van der Waals surface area contributed by atoms with Gasteiger partial charge in [-0.2, -0.15) is 0 Å². The number of hydrogen-bond donors (Lipinski definition) is 1. The predicted molar refractivity (Wildman–Crippen MR) is 265 cm³/mol. The smallest absolute Gasteiger partial charge is 0.131 e. The minimum absolute atomic E-state index is 0.441. The number of nitrogens with zero attached hydrogens (tertiary/aromatic N) is 1. The van der Waals surface area contributed by atoms with Crippen LogP contribution in [0.5, 0.6) is 0 Å². The molecule has 0 saturated carbocycles. The van der Waals surface area contributed by atoms with Crippen molar-refractivity contribution < 1.29 is 0 Å². The molecule has 2 nitrogen and oxygen atoms in total. The van der Waals surface area contributed by atoms with E-state index in [0.717, 1.165) is 27.6 Å². The molecule has 0 aromatic heterocycles. The molecule has 0 unspecified atom stereocenters. The van der Waals surface area contributed by atoms with Crippen molar-refractivity contribution in [2.24, 2.45) is 10.7 Å². The fourth-order valence-electron chi connectivity index (χ4n) is 9.97. The van der Waals surface area contributed by atoms with Crippen molar-refractivity contribution in [3.8, 4) is 33.4 Å². The molecule has 10 aromatic carbocycles. The SMILES string of the molecule is NC(=N/C(=C\Cc1cccc(-c2cccc3ccccc23)c1)c1ccc(-c2ccc3c(c2)-c2ccccc2C3(c2ccccc2)c2ccccc2)c2ccccc12)c1ccccc1. The highest BCUT2D eigenvalue weighted by atomic mass is 14.9. The van der Waals surface area contributed by atoms with E-state index >= 15 is 0 Å². The Morgan fingerprint density at radius 1 is 0.429 bits per heavy atom. The van der Waals surface area contributed by atoms with Gasteiger partial charge in [-0.05, 0) is 95.2 Å². The topological polar surface area (TPSA) is 38.4 Å². The second kappa shape index (κ2) is 16.1. The highest BCUT2D eigenvalue weighted by Crippen LogP contribution is 2.56. The summed E-state index contributed by atoms with van der Waals surface area (Å²) in [6.45, 7) is 0. The van der Waals surface area contributed by atoms with Gasteiger partial charge in [-0.15, -0.1) is 0 Å². The summed E-state index contributed by atoms with van der Waals surface area (Å²) in [4.78, 5) is 5.21. The van der Waals surface area contributed by atoms with E-state index in [9.17, 15) is 0 Å². The summed E-state index contributed by atoms with van der Waals surface area (Å²) in [5.41, 5.74) is 22.8. The van der Waals surface area contributed by atoms with Crippen molar-refractivity contribution in [1.29, 1.82) is 0 Å². The second-order valence-electron chi connectivity index (χ2n) is 16.4. The minimum Gasteiger partial charge on any atom is -0.383 e. The van der Waals surface area contributed by atoms with Gasteiger partial charge in [-0.25, -0.2) is 4.99 Å². The predicted octanol–water partition coefficient (Wildman–Crippen LogP) is 14.7. The summed E-state index contributed by atoms with van der Waals surface area (Å²) >= 11 is 0. The molecule has 63 heavy (non-hydrogen) atoms. The van der Waals surface area contributed by atoms with E-state index in [1.54, 1.807) is 0 Å². The largest absolute Gasteiger partial charge is 0.383 e. The molecule has 0 bridgehead atoms. The lowest BCUT2D eigenvalue weighted by Crippen LogP contribution is -2.28. The van der Waals surface area contributed by atoms with Gasteiger partial charge in [0.2, 0.25) is 0 Å². The quantitative estimate of drug-likeness (QED) is 0.115. The van der Waals surface area contributed by atoms with Crippen LogP contribution in [0, 0.1) is 0 Å². The van der Waals surface area contributed by atoms with Gasteiger partial charge >= 0.3 is 0 Å². The Kier molecular flexibility index (Phi) is 9.67. The molecule has 11 rings (SSSR count). The molecule has 0 amide bonds. The number of nitrogens with two attached hydrogens (primary N) is 1. The van der Waals surface area contributed by atoms with Crippen LogP contribution in [-0.4, -0.2) is 5.84 Å². The van der Waals surface area contributed by atoms with Crippen molar-refractivity contribution in [2.75, 3.05) is 0 Å². The Morgan fingerprint density at radius 2 is 1.00 bits per heavy atom. The molecule has 2 N–H and O–H groups in total. The molecule has 0 aliphatic heterocycles. The Balaban J connectivity index is 1.04. The van der Waals surface area contributed by atoms with Crippen LogP contribution in [0.2, 0.25) is 0 Å². The molecule has 0 atom stereocenters. The molecule has 2 heteroatoms. The third-order valence-electron chi connectivity index (χ3n) is 12.8. The molecular weight excluding hydrogens is 761 g/mol. The monoisotopic (exact) mass is 804 g/mol. The van der Waals surface area contributed by atoms with Gasteiger partial charge in [-0.3, -0.25) is 0 Å². The van der Waals surface area contributed by atoms with Gasteiger partial charge < -0.3 is 5.73 Å². The Morgan fingerprint density at radius 3 is 1.78 bits per heavy atom. The third kappa shape index (κ3) is 6.65. The summed E-state index contributed by atoms with van der Waals surface area (Å²) < 4.78 is 0. The summed E-state index contributed by atoms with van der Waals surface area (Å²) in [7, 11) is 0. The first-order valence-corrected chi connectivity index (χ1v) is 21.7. The summed E-state index contributed by atoms with van der Waals surface area (Å²) in [6, 6.07) is 85.2. The zero-order valence-electron chi connectivity index (χ0n) is 34.8. The van der Waals surface area contributed by atoms with Crippen LogP contribution in [0.25, 0.3) is 60.6 Å². The average molecular weight is 805 g/mol. The number of aliphatic imine (C=N–C) groups is 1. The van der Waals surface area contributed by atoms with Crippen molar-refractivity contribution in [1.82, 2.24) is 0 Å². The highest BCUT2D eigenvalue weighted by Gasteiger charge is 2.46. The average Bonchev–Trinajstić information content (AvgIpc) is 3.66. The summed E-state index contributed by atoms with van der Waals surface area (Å²) in [5, 5.41) is 4.77. The van der Waals surface area contributed by atoms with Gasteiger partial charge in [0.25, 0.3) is 0 Å². The van der Waals surface area contributed by atoms with E-state index in [2.05, 4.69) is 212 Å². The number of amidine groups is 1. The lowest BCUT2D eigenvalue weighted by molar-refractivity contribution is 0.768. The standard InChI is InChI=1S/C61H44N2/c62-60(44-20-4-1-5-21-44)63-59(39-34-42-18-16-23-45(40-42)50-32-17-22-43-19-10-11-28-49(43)50)55-37-36-51(52-29-12-13-30-53(52)55)46-35-38-58-56(41-46)54-31-14-15-33-57(54)61(58,47-24-6-2-7-25-47)48-26-8-3-9-27-48/h1-33,35-41H,34H2,(H2,62,63)/b59-39-. The van der Waals surface area contributed by atoms with E-state index in [1.165, 1.54) is 72.0 Å². The van der Waals surface area contributed by atoms with Gasteiger partial charge in [0, 0.05) is 11.1 Å². The van der Waals surface area contributed by atoms with Crippen LogP contribution in [0.1, 0.15) is 38.9 Å². The van der Waals surface area contributed by atoms with E-state index < -0.39 is 5.41 Å². The highest BCUT2D eigenvalue weighted by molar-refractivity contribution is 6.06.